The van der Waals surface area contributed by atoms with E-state index in [0.717, 1.165) is 17.1 Å². The number of amides is 1. The molecule has 0 spiro atoms. The van der Waals surface area contributed by atoms with E-state index in [1.165, 1.54) is 0 Å². The zero-order valence-electron chi connectivity index (χ0n) is 12.0. The lowest BCUT2D eigenvalue weighted by atomic mass is 10.2. The van der Waals surface area contributed by atoms with Crippen LogP contribution in [-0.4, -0.2) is 35.9 Å². The van der Waals surface area contributed by atoms with E-state index in [1.807, 2.05) is 36.7 Å². The van der Waals surface area contributed by atoms with Crippen LogP contribution in [0.5, 0.6) is 0 Å². The van der Waals surface area contributed by atoms with E-state index < -0.39 is 0 Å². The van der Waals surface area contributed by atoms with Crippen molar-refractivity contribution >= 4 is 5.91 Å². The van der Waals surface area contributed by atoms with Gasteiger partial charge < -0.3 is 10.1 Å². The van der Waals surface area contributed by atoms with Crippen molar-refractivity contribution in [3.63, 3.8) is 0 Å². The predicted molar refractivity (Wildman–Crippen MR) is 77.2 cm³/mol. The summed E-state index contributed by atoms with van der Waals surface area (Å²) < 4.78 is 6.76. The van der Waals surface area contributed by atoms with Gasteiger partial charge in [-0.2, -0.15) is 5.10 Å². The molecule has 1 aromatic carbocycles. The summed E-state index contributed by atoms with van der Waals surface area (Å²) in [5.41, 5.74) is 3.62. The summed E-state index contributed by atoms with van der Waals surface area (Å²) in [7, 11) is 1.61. The van der Waals surface area contributed by atoms with Crippen molar-refractivity contribution in [3.8, 4) is 5.69 Å². The molecule has 0 fully saturated rings. The standard InChI is InChI=1S/C15H19N3O2/c1-11-10-12(2)18(17-11)14-6-4-13(5-7-14)15(19)16-8-9-20-3/h4-7,10H,8-9H2,1-3H3,(H,16,19). The molecule has 1 heterocycles. The number of aryl methyl sites for hydroxylation is 2. The fourth-order valence-electron chi connectivity index (χ4n) is 2.01. The topological polar surface area (TPSA) is 56.1 Å². The Morgan fingerprint density at radius 2 is 2.00 bits per heavy atom. The fraction of sp³-hybridized carbons (Fsp3) is 0.333. The summed E-state index contributed by atoms with van der Waals surface area (Å²) in [5.74, 6) is -0.0954. The lowest BCUT2D eigenvalue weighted by Crippen LogP contribution is -2.26. The molecular weight excluding hydrogens is 254 g/mol. The van der Waals surface area contributed by atoms with Crippen LogP contribution >= 0.6 is 0 Å². The number of aromatic nitrogens is 2. The molecule has 0 atom stereocenters. The summed E-state index contributed by atoms with van der Waals surface area (Å²) >= 11 is 0. The minimum atomic E-state index is -0.0954. The zero-order chi connectivity index (χ0) is 14.5. The van der Waals surface area contributed by atoms with Crippen molar-refractivity contribution in [2.75, 3.05) is 20.3 Å². The van der Waals surface area contributed by atoms with Crippen LogP contribution in [0.25, 0.3) is 5.69 Å². The highest BCUT2D eigenvalue weighted by molar-refractivity contribution is 5.94. The number of hydrogen-bond acceptors (Lipinski definition) is 3. The normalized spacial score (nSPS) is 10.6. The molecule has 0 bridgehead atoms. The van der Waals surface area contributed by atoms with E-state index in [2.05, 4.69) is 10.4 Å². The Balaban J connectivity index is 2.10. The number of rotatable bonds is 5. The van der Waals surface area contributed by atoms with Gasteiger partial charge in [0.1, 0.15) is 0 Å². The second-order valence-electron chi connectivity index (χ2n) is 4.63. The molecule has 0 unspecified atom stereocenters. The highest BCUT2D eigenvalue weighted by atomic mass is 16.5. The Labute approximate surface area is 118 Å². The van der Waals surface area contributed by atoms with Crippen LogP contribution in [0.4, 0.5) is 0 Å². The maximum atomic E-state index is 11.8. The van der Waals surface area contributed by atoms with Crippen LogP contribution in [0.3, 0.4) is 0 Å². The van der Waals surface area contributed by atoms with Gasteiger partial charge in [0.15, 0.2) is 0 Å². The highest BCUT2D eigenvalue weighted by Crippen LogP contribution is 2.13. The molecule has 106 valence electrons. The number of methoxy groups -OCH3 is 1. The molecule has 0 saturated heterocycles. The van der Waals surface area contributed by atoms with E-state index in [0.29, 0.717) is 18.7 Å². The second-order valence-corrected chi connectivity index (χ2v) is 4.63. The van der Waals surface area contributed by atoms with Gasteiger partial charge in [0, 0.05) is 24.9 Å². The molecule has 0 aliphatic heterocycles. The third kappa shape index (κ3) is 3.24. The van der Waals surface area contributed by atoms with E-state index in [4.69, 9.17) is 4.74 Å². The van der Waals surface area contributed by atoms with Crippen LogP contribution in [-0.2, 0) is 4.74 Å². The second kappa shape index (κ2) is 6.34. The van der Waals surface area contributed by atoms with Crippen LogP contribution in [0.15, 0.2) is 30.3 Å². The molecule has 1 N–H and O–H groups in total. The summed E-state index contributed by atoms with van der Waals surface area (Å²) in [6, 6.07) is 9.41. The minimum absolute atomic E-state index is 0.0954. The summed E-state index contributed by atoms with van der Waals surface area (Å²) in [6.45, 7) is 4.98. The van der Waals surface area contributed by atoms with Gasteiger partial charge in [0.2, 0.25) is 0 Å². The van der Waals surface area contributed by atoms with Crippen LogP contribution in [0, 0.1) is 13.8 Å². The van der Waals surface area contributed by atoms with Gasteiger partial charge in [-0.15, -0.1) is 0 Å². The van der Waals surface area contributed by atoms with E-state index in [-0.39, 0.29) is 5.91 Å². The van der Waals surface area contributed by atoms with Crippen LogP contribution in [0.2, 0.25) is 0 Å². The molecular formula is C15H19N3O2. The average Bonchev–Trinajstić information content (AvgIpc) is 2.78. The van der Waals surface area contributed by atoms with Crippen LogP contribution < -0.4 is 5.32 Å². The lowest BCUT2D eigenvalue weighted by Gasteiger charge is -2.07. The molecule has 0 saturated carbocycles. The van der Waals surface area contributed by atoms with Crippen molar-refractivity contribution in [2.45, 2.75) is 13.8 Å². The van der Waals surface area contributed by atoms with Gasteiger partial charge in [0.05, 0.1) is 18.0 Å². The van der Waals surface area contributed by atoms with Gasteiger partial charge in [-0.1, -0.05) is 0 Å². The van der Waals surface area contributed by atoms with Crippen molar-refractivity contribution < 1.29 is 9.53 Å². The molecule has 5 heteroatoms. The number of hydrogen-bond donors (Lipinski definition) is 1. The number of carbonyl (C=O) groups is 1. The first-order chi connectivity index (χ1) is 9.61. The average molecular weight is 273 g/mol. The van der Waals surface area contributed by atoms with E-state index in [1.54, 1.807) is 19.2 Å². The van der Waals surface area contributed by atoms with Crippen molar-refractivity contribution in [1.29, 1.82) is 0 Å². The Kier molecular flexibility index (Phi) is 4.53. The van der Waals surface area contributed by atoms with Gasteiger partial charge in [-0.05, 0) is 44.2 Å². The van der Waals surface area contributed by atoms with Gasteiger partial charge in [-0.3, -0.25) is 4.79 Å². The number of nitrogens with one attached hydrogen (secondary N) is 1. The van der Waals surface area contributed by atoms with E-state index >= 15 is 0 Å². The Morgan fingerprint density at radius 3 is 2.55 bits per heavy atom. The molecule has 0 radical (unpaired) electrons. The number of carbonyl (C=O) groups excluding carboxylic acids is 1. The third-order valence-corrected chi connectivity index (χ3v) is 2.98. The molecule has 2 aromatic rings. The summed E-state index contributed by atoms with van der Waals surface area (Å²) in [6.07, 6.45) is 0. The maximum Gasteiger partial charge on any atom is 0.251 e. The molecule has 1 aromatic heterocycles. The quantitative estimate of drug-likeness (QED) is 0.846. The molecule has 20 heavy (non-hydrogen) atoms. The summed E-state index contributed by atoms with van der Waals surface area (Å²) in [4.78, 5) is 11.8. The van der Waals surface area contributed by atoms with Crippen molar-refractivity contribution in [3.05, 3.63) is 47.3 Å². The highest BCUT2D eigenvalue weighted by Gasteiger charge is 2.07. The fourth-order valence-corrected chi connectivity index (χ4v) is 2.01. The molecule has 0 aliphatic rings. The van der Waals surface area contributed by atoms with Gasteiger partial charge in [0.25, 0.3) is 5.91 Å². The first kappa shape index (κ1) is 14.3. The van der Waals surface area contributed by atoms with Crippen molar-refractivity contribution in [2.24, 2.45) is 0 Å². The number of nitrogens with zero attached hydrogens (tertiary/aromatic N) is 2. The van der Waals surface area contributed by atoms with Gasteiger partial charge >= 0.3 is 0 Å². The zero-order valence-corrected chi connectivity index (χ0v) is 12.0. The molecule has 2 rings (SSSR count). The predicted octanol–water partition coefficient (Wildman–Crippen LogP) is 1.87. The number of benzene rings is 1. The Bertz CT molecular complexity index is 588. The molecule has 1 amide bonds. The smallest absolute Gasteiger partial charge is 0.251 e. The van der Waals surface area contributed by atoms with Gasteiger partial charge in [-0.25, -0.2) is 4.68 Å². The largest absolute Gasteiger partial charge is 0.383 e. The first-order valence-electron chi connectivity index (χ1n) is 6.52. The third-order valence-electron chi connectivity index (χ3n) is 2.98. The first-order valence-corrected chi connectivity index (χ1v) is 6.52. The molecule has 5 nitrogen and oxygen atoms in total. The Morgan fingerprint density at radius 1 is 1.30 bits per heavy atom. The van der Waals surface area contributed by atoms with E-state index in [9.17, 15) is 4.79 Å². The number of ether oxygens (including phenoxy) is 1. The van der Waals surface area contributed by atoms with Crippen LogP contribution in [0.1, 0.15) is 21.7 Å². The molecule has 0 aliphatic carbocycles. The SMILES string of the molecule is COCCNC(=O)c1ccc(-n2nc(C)cc2C)cc1. The maximum absolute atomic E-state index is 11.8. The van der Waals surface area contributed by atoms with Crippen molar-refractivity contribution in [1.82, 2.24) is 15.1 Å². The lowest BCUT2D eigenvalue weighted by molar-refractivity contribution is 0.0937. The monoisotopic (exact) mass is 273 g/mol. The minimum Gasteiger partial charge on any atom is -0.383 e. The summed E-state index contributed by atoms with van der Waals surface area (Å²) in [5, 5.41) is 7.20. The Hall–Kier alpha value is -2.14.